The fraction of sp³-hybridized carbons (Fsp3) is 0.158. The number of hydrogen-bond acceptors (Lipinski definition) is 2. The molecular formula is C19H15NO. The Morgan fingerprint density at radius 2 is 1.76 bits per heavy atom. The molecule has 0 saturated carbocycles. The van der Waals surface area contributed by atoms with Crippen LogP contribution >= 0.6 is 0 Å². The van der Waals surface area contributed by atoms with Gasteiger partial charge in [0.25, 0.3) is 0 Å². The number of rotatable bonds is 0. The van der Waals surface area contributed by atoms with E-state index in [-0.39, 0.29) is 6.10 Å². The van der Waals surface area contributed by atoms with E-state index >= 15 is 0 Å². The third kappa shape index (κ3) is 1.47. The molecular weight excluding hydrogens is 258 g/mol. The normalized spacial score (nSPS) is 24.4. The van der Waals surface area contributed by atoms with Gasteiger partial charge in [0.2, 0.25) is 0 Å². The van der Waals surface area contributed by atoms with Gasteiger partial charge in [-0.1, -0.05) is 42.5 Å². The minimum atomic E-state index is 0.105. The Labute approximate surface area is 124 Å². The third-order valence-electron chi connectivity index (χ3n) is 4.61. The van der Waals surface area contributed by atoms with Gasteiger partial charge < -0.3 is 9.64 Å². The first kappa shape index (κ1) is 11.2. The van der Waals surface area contributed by atoms with Gasteiger partial charge in [0.05, 0.1) is 11.7 Å². The summed E-state index contributed by atoms with van der Waals surface area (Å²) in [5.41, 5.74) is 5.32. The Kier molecular flexibility index (Phi) is 2.14. The van der Waals surface area contributed by atoms with Gasteiger partial charge in [-0.25, -0.2) is 0 Å². The second kappa shape index (κ2) is 4.01. The van der Waals surface area contributed by atoms with Crippen LogP contribution in [0.25, 0.3) is 0 Å². The summed E-state index contributed by atoms with van der Waals surface area (Å²) in [7, 11) is 0. The molecule has 21 heavy (non-hydrogen) atoms. The predicted octanol–water partition coefficient (Wildman–Crippen LogP) is 4.01. The van der Waals surface area contributed by atoms with E-state index in [4.69, 9.17) is 4.74 Å². The molecule has 2 aromatic rings. The number of para-hydroxylation sites is 3. The van der Waals surface area contributed by atoms with E-state index < -0.39 is 0 Å². The fourth-order valence-corrected chi connectivity index (χ4v) is 3.73. The molecule has 1 aliphatic carbocycles. The van der Waals surface area contributed by atoms with Gasteiger partial charge in [-0.05, 0) is 41.8 Å². The topological polar surface area (TPSA) is 12.5 Å². The maximum absolute atomic E-state index is 6.22. The SMILES string of the molecule is C1=CC2Oc3ccccc3N3c4ccccc4CC(=C1)C23. The number of benzene rings is 2. The van der Waals surface area contributed by atoms with Gasteiger partial charge in [0.1, 0.15) is 11.9 Å². The molecule has 0 saturated heterocycles. The van der Waals surface area contributed by atoms with Gasteiger partial charge in [0.15, 0.2) is 0 Å². The highest BCUT2D eigenvalue weighted by Crippen LogP contribution is 2.48. The molecule has 2 aliphatic heterocycles. The number of anilines is 2. The highest BCUT2D eigenvalue weighted by Gasteiger charge is 2.41. The van der Waals surface area contributed by atoms with Gasteiger partial charge >= 0.3 is 0 Å². The number of hydrogen-bond donors (Lipinski definition) is 0. The monoisotopic (exact) mass is 273 g/mol. The molecule has 2 unspecified atom stereocenters. The highest BCUT2D eigenvalue weighted by atomic mass is 16.5. The summed E-state index contributed by atoms with van der Waals surface area (Å²) in [5, 5.41) is 0. The van der Waals surface area contributed by atoms with Crippen LogP contribution in [0, 0.1) is 0 Å². The van der Waals surface area contributed by atoms with Gasteiger partial charge in [0, 0.05) is 5.69 Å². The number of fused-ring (bicyclic) bond motifs is 4. The average Bonchev–Trinajstić information content (AvgIpc) is 2.54. The average molecular weight is 273 g/mol. The van der Waals surface area contributed by atoms with Crippen LogP contribution in [-0.4, -0.2) is 12.1 Å². The van der Waals surface area contributed by atoms with Gasteiger partial charge in [-0.15, -0.1) is 0 Å². The molecule has 0 N–H and O–H groups in total. The minimum Gasteiger partial charge on any atom is -0.482 e. The quantitative estimate of drug-likeness (QED) is 0.719. The van der Waals surface area contributed by atoms with Crippen molar-refractivity contribution in [3.63, 3.8) is 0 Å². The van der Waals surface area contributed by atoms with Gasteiger partial charge in [-0.3, -0.25) is 0 Å². The molecule has 3 aliphatic rings. The first-order valence-corrected chi connectivity index (χ1v) is 7.42. The Balaban J connectivity index is 1.81. The standard InChI is InChI=1S/C19H15NO/c1-2-8-15-13(6-1)12-14-7-5-11-18-19(14)20(15)16-9-3-4-10-17(16)21-18/h1-11,18-19H,12H2. The van der Waals surface area contributed by atoms with E-state index in [0.717, 1.165) is 12.2 Å². The Bertz CT molecular complexity index is 790. The minimum absolute atomic E-state index is 0.105. The largest absolute Gasteiger partial charge is 0.482 e. The zero-order chi connectivity index (χ0) is 13.8. The smallest absolute Gasteiger partial charge is 0.144 e. The van der Waals surface area contributed by atoms with Crippen LogP contribution in [0.1, 0.15) is 5.56 Å². The molecule has 0 spiro atoms. The molecule has 2 aromatic carbocycles. The van der Waals surface area contributed by atoms with Crippen molar-refractivity contribution < 1.29 is 4.74 Å². The maximum atomic E-state index is 6.22. The lowest BCUT2D eigenvalue weighted by Crippen LogP contribution is -2.51. The van der Waals surface area contributed by atoms with Crippen LogP contribution in [0.5, 0.6) is 5.75 Å². The molecule has 2 heterocycles. The molecule has 2 nitrogen and oxygen atoms in total. The van der Waals surface area contributed by atoms with Crippen LogP contribution in [-0.2, 0) is 6.42 Å². The summed E-state index contributed by atoms with van der Waals surface area (Å²) in [6, 6.07) is 17.3. The summed E-state index contributed by atoms with van der Waals surface area (Å²) in [6.45, 7) is 0. The number of ether oxygens (including phenoxy) is 1. The van der Waals surface area contributed by atoms with Crippen LogP contribution in [0.4, 0.5) is 11.4 Å². The van der Waals surface area contributed by atoms with Crippen LogP contribution in [0.2, 0.25) is 0 Å². The van der Waals surface area contributed by atoms with E-state index in [0.29, 0.717) is 6.04 Å². The summed E-state index contributed by atoms with van der Waals surface area (Å²) in [6.07, 6.45) is 7.68. The van der Waals surface area contributed by atoms with E-state index in [1.807, 2.05) is 6.07 Å². The molecule has 0 aromatic heterocycles. The van der Waals surface area contributed by atoms with E-state index in [9.17, 15) is 0 Å². The second-order valence-electron chi connectivity index (χ2n) is 5.80. The molecule has 0 bridgehead atoms. The van der Waals surface area contributed by atoms with Crippen LogP contribution < -0.4 is 9.64 Å². The maximum Gasteiger partial charge on any atom is 0.144 e. The van der Waals surface area contributed by atoms with E-state index in [1.165, 1.54) is 22.5 Å². The summed E-state index contributed by atoms with van der Waals surface area (Å²) in [4.78, 5) is 2.46. The first-order chi connectivity index (χ1) is 10.4. The summed E-state index contributed by atoms with van der Waals surface area (Å²) < 4.78 is 6.22. The molecule has 5 rings (SSSR count). The van der Waals surface area contributed by atoms with Crippen molar-refractivity contribution in [3.05, 3.63) is 77.9 Å². The van der Waals surface area contributed by atoms with Crippen molar-refractivity contribution >= 4 is 11.4 Å². The Morgan fingerprint density at radius 3 is 2.71 bits per heavy atom. The molecule has 0 amide bonds. The van der Waals surface area contributed by atoms with E-state index in [1.54, 1.807) is 0 Å². The lowest BCUT2D eigenvalue weighted by Gasteiger charge is -2.48. The molecule has 0 radical (unpaired) electrons. The lowest BCUT2D eigenvalue weighted by atomic mass is 9.83. The lowest BCUT2D eigenvalue weighted by molar-refractivity contribution is 0.210. The van der Waals surface area contributed by atoms with Gasteiger partial charge in [-0.2, -0.15) is 0 Å². The molecule has 102 valence electrons. The summed E-state index contributed by atoms with van der Waals surface area (Å²) in [5.74, 6) is 0.973. The number of nitrogens with zero attached hydrogens (tertiary/aromatic N) is 1. The summed E-state index contributed by atoms with van der Waals surface area (Å²) >= 11 is 0. The van der Waals surface area contributed by atoms with Crippen molar-refractivity contribution in [3.8, 4) is 5.75 Å². The van der Waals surface area contributed by atoms with Crippen molar-refractivity contribution in [1.29, 1.82) is 0 Å². The molecule has 0 fully saturated rings. The fourth-order valence-electron chi connectivity index (χ4n) is 3.73. The third-order valence-corrected chi connectivity index (χ3v) is 4.61. The Hall–Kier alpha value is -2.48. The first-order valence-electron chi connectivity index (χ1n) is 7.42. The Morgan fingerprint density at radius 1 is 0.952 bits per heavy atom. The van der Waals surface area contributed by atoms with Crippen molar-refractivity contribution in [2.45, 2.75) is 18.6 Å². The van der Waals surface area contributed by atoms with E-state index in [2.05, 4.69) is 65.6 Å². The zero-order valence-electron chi connectivity index (χ0n) is 11.6. The van der Waals surface area contributed by atoms with Crippen molar-refractivity contribution in [2.24, 2.45) is 0 Å². The second-order valence-corrected chi connectivity index (χ2v) is 5.80. The number of allylic oxidation sites excluding steroid dienone is 2. The molecule has 2 heteroatoms. The zero-order valence-corrected chi connectivity index (χ0v) is 11.6. The highest BCUT2D eigenvalue weighted by molar-refractivity contribution is 5.77. The van der Waals surface area contributed by atoms with Crippen LogP contribution in [0.15, 0.2) is 72.3 Å². The van der Waals surface area contributed by atoms with Crippen LogP contribution in [0.3, 0.4) is 0 Å². The predicted molar refractivity (Wildman–Crippen MR) is 84.2 cm³/mol. The van der Waals surface area contributed by atoms with Crippen molar-refractivity contribution in [2.75, 3.05) is 4.90 Å². The van der Waals surface area contributed by atoms with Crippen molar-refractivity contribution in [1.82, 2.24) is 0 Å². The molecule has 2 atom stereocenters.